The van der Waals surface area contributed by atoms with Gasteiger partial charge in [0.05, 0.1) is 11.6 Å². The number of hydrogen-bond donors (Lipinski definition) is 0. The van der Waals surface area contributed by atoms with E-state index in [2.05, 4.69) is 19.1 Å². The molecule has 0 aliphatic rings. The third-order valence-corrected chi connectivity index (χ3v) is 2.61. The van der Waals surface area contributed by atoms with E-state index in [-0.39, 0.29) is 0 Å². The Morgan fingerprint density at radius 2 is 1.94 bits per heavy atom. The van der Waals surface area contributed by atoms with Crippen LogP contribution in [0.15, 0.2) is 36.4 Å². The van der Waals surface area contributed by atoms with E-state index in [0.717, 1.165) is 17.6 Å². The van der Waals surface area contributed by atoms with Crippen molar-refractivity contribution in [2.75, 3.05) is 0 Å². The number of nitrogens with zero attached hydrogens (tertiary/aromatic N) is 1. The molecule has 0 fully saturated rings. The first kappa shape index (κ1) is 12.5. The highest BCUT2D eigenvalue weighted by Crippen LogP contribution is 2.15. The van der Waals surface area contributed by atoms with E-state index < -0.39 is 0 Å². The topological polar surface area (TPSA) is 23.8 Å². The number of allylic oxidation sites excluding steroid dienone is 2. The maximum absolute atomic E-state index is 9.06. The number of unbranched alkanes of at least 4 members (excludes halogenated alkanes) is 4. The first-order valence-corrected chi connectivity index (χ1v) is 6.04. The van der Waals surface area contributed by atoms with Crippen molar-refractivity contribution in [3.63, 3.8) is 0 Å². The smallest absolute Gasteiger partial charge is 0.0994 e. The van der Waals surface area contributed by atoms with Gasteiger partial charge in [-0.1, -0.05) is 62.6 Å². The largest absolute Gasteiger partial charge is 0.192 e. The zero-order chi connectivity index (χ0) is 11.6. The average molecular weight is 213 g/mol. The van der Waals surface area contributed by atoms with Gasteiger partial charge in [0.15, 0.2) is 0 Å². The molecule has 0 radical (unpaired) electrons. The van der Waals surface area contributed by atoms with Crippen LogP contribution >= 0.6 is 0 Å². The van der Waals surface area contributed by atoms with Crippen LogP contribution in [0, 0.1) is 11.3 Å². The highest BCUT2D eigenvalue weighted by Gasteiger charge is 1.97. The Balaban J connectivity index is 2.49. The summed E-state index contributed by atoms with van der Waals surface area (Å²) in [7, 11) is 0. The van der Waals surface area contributed by atoms with Crippen LogP contribution in [-0.2, 0) is 0 Å². The Kier molecular flexibility index (Phi) is 6.03. The number of rotatable bonds is 6. The van der Waals surface area contributed by atoms with Crippen LogP contribution in [0.3, 0.4) is 0 Å². The van der Waals surface area contributed by atoms with Crippen LogP contribution < -0.4 is 0 Å². The maximum atomic E-state index is 9.06. The molecule has 0 N–H and O–H groups in total. The second kappa shape index (κ2) is 7.70. The van der Waals surface area contributed by atoms with E-state index in [1.165, 1.54) is 25.7 Å². The summed E-state index contributed by atoms with van der Waals surface area (Å²) in [4.78, 5) is 0. The summed E-state index contributed by atoms with van der Waals surface area (Å²) in [6.07, 6.45) is 8.07. The molecule has 16 heavy (non-hydrogen) atoms. The van der Waals surface area contributed by atoms with E-state index in [0.29, 0.717) is 0 Å². The molecule has 0 aliphatic heterocycles. The molecular weight excluding hydrogens is 194 g/mol. The Morgan fingerprint density at radius 3 is 2.56 bits per heavy atom. The van der Waals surface area contributed by atoms with Gasteiger partial charge >= 0.3 is 0 Å². The molecule has 0 spiro atoms. The van der Waals surface area contributed by atoms with E-state index in [1.54, 1.807) is 0 Å². The lowest BCUT2D eigenvalue weighted by molar-refractivity contribution is 0.675. The minimum atomic E-state index is 0.803. The van der Waals surface area contributed by atoms with Crippen LogP contribution in [0.25, 0.3) is 5.57 Å². The third-order valence-electron chi connectivity index (χ3n) is 2.61. The molecule has 0 aromatic heterocycles. The van der Waals surface area contributed by atoms with Crippen LogP contribution in [0.5, 0.6) is 0 Å². The SMILES string of the molecule is CCCCCC/C=C(\C#N)c1ccccc1. The Labute approximate surface area is 98.4 Å². The van der Waals surface area contributed by atoms with E-state index in [9.17, 15) is 0 Å². The van der Waals surface area contributed by atoms with Crippen molar-refractivity contribution in [1.29, 1.82) is 5.26 Å². The van der Waals surface area contributed by atoms with E-state index >= 15 is 0 Å². The molecule has 0 amide bonds. The van der Waals surface area contributed by atoms with Crippen LogP contribution in [0.4, 0.5) is 0 Å². The summed E-state index contributed by atoms with van der Waals surface area (Å²) >= 11 is 0. The number of nitriles is 1. The standard InChI is InChI=1S/C15H19N/c1-2-3-4-5-7-12-15(13-16)14-10-8-6-9-11-14/h6,8-12H,2-5,7H2,1H3/b15-12+. The highest BCUT2D eigenvalue weighted by atomic mass is 14.2. The number of benzene rings is 1. The fourth-order valence-electron chi connectivity index (χ4n) is 1.66. The van der Waals surface area contributed by atoms with Crippen molar-refractivity contribution in [3.8, 4) is 6.07 Å². The van der Waals surface area contributed by atoms with Crippen LogP contribution in [-0.4, -0.2) is 0 Å². The number of hydrogen-bond acceptors (Lipinski definition) is 1. The van der Waals surface area contributed by atoms with Crippen molar-refractivity contribution in [1.82, 2.24) is 0 Å². The average Bonchev–Trinajstić information content (AvgIpc) is 2.35. The minimum absolute atomic E-state index is 0.803. The van der Waals surface area contributed by atoms with Gasteiger partial charge in [0, 0.05) is 0 Å². The van der Waals surface area contributed by atoms with Crippen molar-refractivity contribution in [2.45, 2.75) is 39.0 Å². The van der Waals surface area contributed by atoms with Gasteiger partial charge < -0.3 is 0 Å². The quantitative estimate of drug-likeness (QED) is 0.502. The predicted octanol–water partition coefficient (Wildman–Crippen LogP) is 4.56. The second-order valence-corrected chi connectivity index (χ2v) is 3.94. The van der Waals surface area contributed by atoms with Gasteiger partial charge in [-0.2, -0.15) is 5.26 Å². The predicted molar refractivity (Wildman–Crippen MR) is 68.8 cm³/mol. The lowest BCUT2D eigenvalue weighted by atomic mass is 10.0. The molecule has 1 aromatic carbocycles. The molecule has 0 saturated heterocycles. The highest BCUT2D eigenvalue weighted by molar-refractivity contribution is 5.76. The molecule has 0 bridgehead atoms. The normalized spacial score (nSPS) is 11.1. The molecule has 0 atom stereocenters. The van der Waals surface area contributed by atoms with Crippen molar-refractivity contribution >= 4 is 5.57 Å². The van der Waals surface area contributed by atoms with E-state index in [1.807, 2.05) is 30.3 Å². The summed E-state index contributed by atoms with van der Waals surface area (Å²) in [6.45, 7) is 2.21. The Hall–Kier alpha value is -1.55. The zero-order valence-electron chi connectivity index (χ0n) is 9.95. The van der Waals surface area contributed by atoms with Gasteiger partial charge in [-0.05, 0) is 18.4 Å². The van der Waals surface area contributed by atoms with Gasteiger partial charge in [0.1, 0.15) is 0 Å². The lowest BCUT2D eigenvalue weighted by Crippen LogP contribution is -1.81. The fraction of sp³-hybridized carbons (Fsp3) is 0.400. The maximum Gasteiger partial charge on any atom is 0.0994 e. The summed E-state index contributed by atoms with van der Waals surface area (Å²) < 4.78 is 0. The minimum Gasteiger partial charge on any atom is -0.192 e. The molecule has 1 nitrogen and oxygen atoms in total. The third kappa shape index (κ3) is 4.31. The van der Waals surface area contributed by atoms with Gasteiger partial charge in [-0.15, -0.1) is 0 Å². The molecule has 0 saturated carbocycles. The molecule has 1 aromatic rings. The molecule has 0 heterocycles. The second-order valence-electron chi connectivity index (χ2n) is 3.94. The zero-order valence-corrected chi connectivity index (χ0v) is 9.95. The molecule has 1 heteroatoms. The first-order valence-electron chi connectivity index (χ1n) is 6.04. The van der Waals surface area contributed by atoms with E-state index in [4.69, 9.17) is 5.26 Å². The molecule has 84 valence electrons. The molecular formula is C15H19N. The summed E-state index contributed by atoms with van der Waals surface area (Å²) in [5.41, 5.74) is 1.83. The molecule has 0 aliphatic carbocycles. The fourth-order valence-corrected chi connectivity index (χ4v) is 1.66. The van der Waals surface area contributed by atoms with Crippen molar-refractivity contribution < 1.29 is 0 Å². The Bertz CT molecular complexity index is 357. The van der Waals surface area contributed by atoms with Crippen molar-refractivity contribution in [2.24, 2.45) is 0 Å². The first-order chi connectivity index (χ1) is 7.88. The Morgan fingerprint density at radius 1 is 1.19 bits per heavy atom. The van der Waals surface area contributed by atoms with Crippen molar-refractivity contribution in [3.05, 3.63) is 42.0 Å². The van der Waals surface area contributed by atoms with Gasteiger partial charge in [-0.25, -0.2) is 0 Å². The van der Waals surface area contributed by atoms with Gasteiger partial charge in [0.2, 0.25) is 0 Å². The van der Waals surface area contributed by atoms with Gasteiger partial charge in [-0.3, -0.25) is 0 Å². The van der Waals surface area contributed by atoms with Gasteiger partial charge in [0.25, 0.3) is 0 Å². The van der Waals surface area contributed by atoms with Crippen LogP contribution in [0.1, 0.15) is 44.6 Å². The molecule has 1 rings (SSSR count). The summed E-state index contributed by atoms with van der Waals surface area (Å²) in [5, 5.41) is 9.06. The van der Waals surface area contributed by atoms with Crippen LogP contribution in [0.2, 0.25) is 0 Å². The molecule has 0 unspecified atom stereocenters. The summed E-state index contributed by atoms with van der Waals surface area (Å²) in [6, 6.07) is 12.2. The monoisotopic (exact) mass is 213 g/mol. The lowest BCUT2D eigenvalue weighted by Gasteiger charge is -1.99. The summed E-state index contributed by atoms with van der Waals surface area (Å²) in [5.74, 6) is 0.